The zero-order valence-electron chi connectivity index (χ0n) is 48.5. The van der Waals surface area contributed by atoms with Crippen molar-refractivity contribution in [1.82, 2.24) is 5.32 Å². The van der Waals surface area contributed by atoms with Crippen LogP contribution in [0.2, 0.25) is 0 Å². The number of rotatable bonds is 61. The Hall–Kier alpha value is -1.39. The smallest absolute Gasteiger partial charge is 0.220 e. The number of unbranched alkanes of at least 4 members (excludes halogenated alkanes) is 50. The van der Waals surface area contributed by atoms with Gasteiger partial charge in [-0.1, -0.05) is 352 Å². The number of carbonyl (C=O) groups excluding carboxylic acids is 1. The van der Waals surface area contributed by atoms with Crippen LogP contribution in [0.1, 0.15) is 367 Å². The Labute approximate surface area is 446 Å². The van der Waals surface area contributed by atoms with Crippen molar-refractivity contribution in [2.45, 2.75) is 379 Å². The van der Waals surface area contributed by atoms with Crippen LogP contribution in [-0.2, 0) is 4.79 Å². The molecule has 4 nitrogen and oxygen atoms in total. The van der Waals surface area contributed by atoms with Gasteiger partial charge < -0.3 is 15.5 Å². The maximum Gasteiger partial charge on any atom is 0.220 e. The summed E-state index contributed by atoms with van der Waals surface area (Å²) in [6.07, 6.45) is 86.5. The molecule has 0 aromatic heterocycles. The highest BCUT2D eigenvalue weighted by atomic mass is 16.3. The van der Waals surface area contributed by atoms with Gasteiger partial charge in [-0.05, 0) is 44.9 Å². The van der Waals surface area contributed by atoms with Gasteiger partial charge >= 0.3 is 0 Å². The van der Waals surface area contributed by atoms with E-state index in [9.17, 15) is 15.0 Å². The normalized spacial score (nSPS) is 12.9. The van der Waals surface area contributed by atoms with Crippen LogP contribution in [-0.4, -0.2) is 34.9 Å². The van der Waals surface area contributed by atoms with E-state index >= 15 is 0 Å². The molecule has 0 bridgehead atoms. The molecular weight excluding hydrogens is 867 g/mol. The third-order valence-corrected chi connectivity index (χ3v) is 15.4. The molecule has 0 aromatic rings. The lowest BCUT2D eigenvalue weighted by atomic mass is 10.0. The lowest BCUT2D eigenvalue weighted by molar-refractivity contribution is -0.123. The molecule has 1 amide bonds. The van der Waals surface area contributed by atoms with Gasteiger partial charge in [0.15, 0.2) is 0 Å². The third-order valence-electron chi connectivity index (χ3n) is 15.4. The minimum Gasteiger partial charge on any atom is -0.394 e. The highest BCUT2D eigenvalue weighted by Gasteiger charge is 2.18. The molecule has 420 valence electrons. The molecule has 0 rings (SSSR count). The summed E-state index contributed by atoms with van der Waals surface area (Å²) < 4.78 is 0. The summed E-state index contributed by atoms with van der Waals surface area (Å²) in [4.78, 5) is 12.5. The molecule has 0 spiro atoms. The summed E-state index contributed by atoms with van der Waals surface area (Å²) in [5, 5.41) is 23.2. The van der Waals surface area contributed by atoms with Crippen molar-refractivity contribution in [2.24, 2.45) is 0 Å². The zero-order chi connectivity index (χ0) is 51.3. The molecule has 2 unspecified atom stereocenters. The van der Waals surface area contributed by atoms with Crippen molar-refractivity contribution >= 4 is 5.91 Å². The molecule has 0 aliphatic heterocycles. The monoisotopic (exact) mass is 996 g/mol. The zero-order valence-corrected chi connectivity index (χ0v) is 48.5. The molecule has 0 fully saturated rings. The molecule has 3 N–H and O–H groups in total. The van der Waals surface area contributed by atoms with Crippen LogP contribution < -0.4 is 5.32 Å². The van der Waals surface area contributed by atoms with E-state index in [0.29, 0.717) is 6.42 Å². The highest BCUT2D eigenvalue weighted by molar-refractivity contribution is 5.76. The molecule has 0 aliphatic carbocycles. The van der Waals surface area contributed by atoms with Gasteiger partial charge in [-0.25, -0.2) is 0 Å². The van der Waals surface area contributed by atoms with Crippen molar-refractivity contribution in [2.75, 3.05) is 6.61 Å². The van der Waals surface area contributed by atoms with E-state index in [0.717, 1.165) is 38.5 Å². The number of amides is 1. The van der Waals surface area contributed by atoms with Crippen LogP contribution in [0.15, 0.2) is 36.5 Å². The first kappa shape index (κ1) is 69.6. The fourth-order valence-electron chi connectivity index (χ4n) is 10.4. The van der Waals surface area contributed by atoms with E-state index in [-0.39, 0.29) is 12.5 Å². The second kappa shape index (κ2) is 62.9. The molecule has 2 atom stereocenters. The van der Waals surface area contributed by atoms with Crippen LogP contribution in [0.3, 0.4) is 0 Å². The Morgan fingerprint density at radius 2 is 0.549 bits per heavy atom. The summed E-state index contributed by atoms with van der Waals surface area (Å²) in [5.41, 5.74) is 0. The van der Waals surface area contributed by atoms with Crippen LogP contribution in [0.4, 0.5) is 0 Å². The number of carbonyl (C=O) groups is 1. The first-order valence-electron chi connectivity index (χ1n) is 32.7. The average molecular weight is 997 g/mol. The Morgan fingerprint density at radius 3 is 0.817 bits per heavy atom. The van der Waals surface area contributed by atoms with E-state index in [1.54, 1.807) is 6.08 Å². The van der Waals surface area contributed by atoms with Crippen molar-refractivity contribution in [3.63, 3.8) is 0 Å². The fraction of sp³-hybridized carbons (Fsp3) is 0.896. The largest absolute Gasteiger partial charge is 0.394 e. The topological polar surface area (TPSA) is 69.6 Å². The maximum atomic E-state index is 12.5. The molecule has 0 aromatic carbocycles. The van der Waals surface area contributed by atoms with Crippen molar-refractivity contribution in [3.05, 3.63) is 36.5 Å². The second-order valence-corrected chi connectivity index (χ2v) is 22.5. The molecule has 4 heteroatoms. The average Bonchev–Trinajstić information content (AvgIpc) is 3.37. The molecule has 0 saturated heterocycles. The van der Waals surface area contributed by atoms with Crippen LogP contribution in [0.5, 0.6) is 0 Å². The Kier molecular flexibility index (Phi) is 61.7. The molecular formula is C67H129NO3. The van der Waals surface area contributed by atoms with E-state index in [2.05, 4.69) is 43.5 Å². The van der Waals surface area contributed by atoms with Crippen LogP contribution in [0, 0.1) is 0 Å². The number of nitrogens with one attached hydrogen (secondary N) is 1. The molecule has 71 heavy (non-hydrogen) atoms. The van der Waals surface area contributed by atoms with Crippen molar-refractivity contribution in [1.29, 1.82) is 0 Å². The Balaban J connectivity index is 3.47. The number of hydrogen-bond acceptors (Lipinski definition) is 3. The van der Waals surface area contributed by atoms with Crippen LogP contribution in [0.25, 0.3) is 0 Å². The number of aliphatic hydroxyl groups is 2. The molecule has 0 heterocycles. The van der Waals surface area contributed by atoms with E-state index in [1.165, 1.54) is 308 Å². The Bertz CT molecular complexity index is 1080. The third kappa shape index (κ3) is 59.4. The van der Waals surface area contributed by atoms with Gasteiger partial charge in [0.25, 0.3) is 0 Å². The number of aliphatic hydroxyl groups excluding tert-OH is 2. The van der Waals surface area contributed by atoms with Gasteiger partial charge in [-0.15, -0.1) is 0 Å². The number of hydrogen-bond donors (Lipinski definition) is 3. The predicted molar refractivity (Wildman–Crippen MR) is 318 cm³/mol. The van der Waals surface area contributed by atoms with Crippen molar-refractivity contribution in [3.8, 4) is 0 Å². The van der Waals surface area contributed by atoms with Crippen molar-refractivity contribution < 1.29 is 15.0 Å². The number of allylic oxidation sites excluding steroid dienone is 5. The summed E-state index contributed by atoms with van der Waals surface area (Å²) in [6, 6.07) is -0.645. The Morgan fingerprint density at radius 1 is 0.324 bits per heavy atom. The first-order valence-corrected chi connectivity index (χ1v) is 32.7. The standard InChI is InChI=1S/C67H129NO3/c1-3-5-7-9-11-13-15-17-19-21-23-25-27-29-31-32-33-34-35-37-39-41-43-45-47-49-51-53-55-57-59-61-63-67(71)68-65(64-69)66(70)62-60-58-56-54-52-50-48-46-44-42-40-38-36-30-28-26-24-22-20-18-16-14-12-10-8-6-4-2/h44,46,52,54,60,62,65-66,69-70H,3-43,45,47-51,53,55-59,61,63-64H2,1-2H3,(H,68,71)/b46-44+,54-52+,62-60+. The van der Waals surface area contributed by atoms with Gasteiger partial charge in [-0.3, -0.25) is 4.79 Å². The van der Waals surface area contributed by atoms with Gasteiger partial charge in [-0.2, -0.15) is 0 Å². The fourth-order valence-corrected chi connectivity index (χ4v) is 10.4. The summed E-state index contributed by atoms with van der Waals surface area (Å²) in [5.74, 6) is -0.0701. The minimum absolute atomic E-state index is 0.0701. The van der Waals surface area contributed by atoms with Gasteiger partial charge in [0.1, 0.15) is 0 Å². The maximum absolute atomic E-state index is 12.5. The van der Waals surface area contributed by atoms with Gasteiger partial charge in [0.2, 0.25) is 5.91 Å². The summed E-state index contributed by atoms with van der Waals surface area (Å²) >= 11 is 0. The van der Waals surface area contributed by atoms with Crippen LogP contribution >= 0.6 is 0 Å². The first-order chi connectivity index (χ1) is 35.2. The molecule has 0 radical (unpaired) electrons. The summed E-state index contributed by atoms with van der Waals surface area (Å²) in [7, 11) is 0. The minimum atomic E-state index is -0.870. The van der Waals surface area contributed by atoms with Gasteiger partial charge in [0, 0.05) is 6.42 Å². The van der Waals surface area contributed by atoms with E-state index in [1.807, 2.05) is 6.08 Å². The quantitative estimate of drug-likeness (QED) is 0.0420. The SMILES string of the molecule is CCCCCCCCCCCCCCCCCCC/C=C/CC/C=C/CC/C=C/C(O)C(CO)NC(=O)CCCCCCCCCCCCCCCCCCCCCCCCCCCCCCCCCC. The highest BCUT2D eigenvalue weighted by Crippen LogP contribution is 2.19. The van der Waals surface area contributed by atoms with E-state index in [4.69, 9.17) is 0 Å². The molecule has 0 saturated carbocycles. The predicted octanol–water partition coefficient (Wildman–Crippen LogP) is 22.0. The second-order valence-electron chi connectivity index (χ2n) is 22.5. The lowest BCUT2D eigenvalue weighted by Crippen LogP contribution is -2.45. The lowest BCUT2D eigenvalue weighted by Gasteiger charge is -2.19. The van der Waals surface area contributed by atoms with E-state index < -0.39 is 12.1 Å². The molecule has 0 aliphatic rings. The van der Waals surface area contributed by atoms with Gasteiger partial charge in [0.05, 0.1) is 18.8 Å². The summed E-state index contributed by atoms with van der Waals surface area (Å²) in [6.45, 7) is 4.34.